The highest BCUT2D eigenvalue weighted by Crippen LogP contribution is 2.22. The van der Waals surface area contributed by atoms with Crippen molar-refractivity contribution in [1.29, 1.82) is 0 Å². The van der Waals surface area contributed by atoms with E-state index < -0.39 is 34.5 Å². The second-order valence-corrected chi connectivity index (χ2v) is 9.67. The van der Waals surface area contributed by atoms with Gasteiger partial charge in [0.05, 0.1) is 22.8 Å². The van der Waals surface area contributed by atoms with Crippen LogP contribution in [0.5, 0.6) is 5.75 Å². The van der Waals surface area contributed by atoms with E-state index in [0.29, 0.717) is 12.4 Å². The first-order valence-corrected chi connectivity index (χ1v) is 12.9. The highest BCUT2D eigenvalue weighted by molar-refractivity contribution is 7.92. The predicted molar refractivity (Wildman–Crippen MR) is 129 cm³/mol. The first-order chi connectivity index (χ1) is 16.8. The van der Waals surface area contributed by atoms with Crippen molar-refractivity contribution in [3.8, 4) is 5.75 Å². The molecular weight excluding hydrogens is 474 g/mol. The lowest BCUT2D eigenvalue weighted by Gasteiger charge is -2.22. The molecule has 2 aromatic rings. The van der Waals surface area contributed by atoms with Gasteiger partial charge in [-0.2, -0.15) is 0 Å². The van der Waals surface area contributed by atoms with E-state index in [0.717, 1.165) is 32.1 Å². The molecule has 2 aromatic carbocycles. The minimum absolute atomic E-state index is 0.0122. The topological polar surface area (TPSA) is 140 Å². The molecule has 3 amide bonds. The number of benzene rings is 2. The lowest BCUT2D eigenvalue weighted by atomic mass is 9.96. The van der Waals surface area contributed by atoms with Crippen LogP contribution < -0.4 is 20.1 Å². The molecule has 0 heterocycles. The fourth-order valence-electron chi connectivity index (χ4n) is 3.68. The number of hydrogen-bond acceptors (Lipinski definition) is 7. The van der Waals surface area contributed by atoms with Crippen molar-refractivity contribution in [2.24, 2.45) is 0 Å². The van der Waals surface area contributed by atoms with Crippen LogP contribution in [0, 0.1) is 0 Å². The van der Waals surface area contributed by atoms with Gasteiger partial charge in [0.25, 0.3) is 15.9 Å². The SMILES string of the molecule is CCOc1ccc(S(=O)(=O)Nc2ccccc2C(=O)OCC(=O)NC(=O)NC2CCCCC2)cc1. The van der Waals surface area contributed by atoms with E-state index >= 15 is 0 Å². The van der Waals surface area contributed by atoms with Crippen molar-refractivity contribution in [2.45, 2.75) is 50.0 Å². The Hall–Kier alpha value is -3.60. The van der Waals surface area contributed by atoms with Gasteiger partial charge in [0, 0.05) is 6.04 Å². The first-order valence-electron chi connectivity index (χ1n) is 11.4. The maximum absolute atomic E-state index is 12.8. The Kier molecular flexibility index (Phi) is 9.07. The van der Waals surface area contributed by atoms with Crippen LogP contribution in [0.3, 0.4) is 0 Å². The number of sulfonamides is 1. The lowest BCUT2D eigenvalue weighted by molar-refractivity contribution is -0.123. The molecule has 0 radical (unpaired) electrons. The molecule has 0 aliphatic heterocycles. The van der Waals surface area contributed by atoms with E-state index in [2.05, 4.69) is 15.4 Å². The standard InChI is InChI=1S/C24H29N3O7S/c1-2-33-18-12-14-19(15-13-18)35(31,32)27-21-11-7-6-10-20(21)23(29)34-16-22(28)26-24(30)25-17-8-4-3-5-9-17/h6-7,10-15,17,27H,2-5,8-9,16H2,1H3,(H2,25,26,28,30). The number of amides is 3. The molecule has 188 valence electrons. The van der Waals surface area contributed by atoms with Crippen molar-refractivity contribution < 1.29 is 32.3 Å². The Morgan fingerprint density at radius 2 is 1.66 bits per heavy atom. The van der Waals surface area contributed by atoms with Crippen LogP contribution in [0.2, 0.25) is 0 Å². The number of urea groups is 1. The molecule has 0 saturated heterocycles. The van der Waals surface area contributed by atoms with E-state index in [4.69, 9.17) is 9.47 Å². The fourth-order valence-corrected chi connectivity index (χ4v) is 4.76. The first kappa shape index (κ1) is 26.0. The van der Waals surface area contributed by atoms with Crippen molar-refractivity contribution in [1.82, 2.24) is 10.6 Å². The fraction of sp³-hybridized carbons (Fsp3) is 0.375. The number of hydrogen-bond donors (Lipinski definition) is 3. The summed E-state index contributed by atoms with van der Waals surface area (Å²) in [6.07, 6.45) is 4.91. The molecule has 1 aliphatic rings. The Morgan fingerprint density at radius 3 is 2.34 bits per heavy atom. The maximum Gasteiger partial charge on any atom is 0.340 e. The van der Waals surface area contributed by atoms with Crippen molar-refractivity contribution in [2.75, 3.05) is 17.9 Å². The van der Waals surface area contributed by atoms with Crippen LogP contribution >= 0.6 is 0 Å². The van der Waals surface area contributed by atoms with Gasteiger partial charge in [0.1, 0.15) is 5.75 Å². The third-order valence-electron chi connectivity index (χ3n) is 5.36. The van der Waals surface area contributed by atoms with Crippen molar-refractivity contribution >= 4 is 33.6 Å². The summed E-state index contributed by atoms with van der Waals surface area (Å²) in [5.74, 6) is -1.18. The third kappa shape index (κ3) is 7.71. The number of imide groups is 1. The molecule has 1 fully saturated rings. The summed E-state index contributed by atoms with van der Waals surface area (Å²) in [6, 6.07) is 11.1. The molecule has 1 saturated carbocycles. The van der Waals surface area contributed by atoms with E-state index in [1.54, 1.807) is 6.07 Å². The molecule has 0 unspecified atom stereocenters. The second-order valence-electron chi connectivity index (χ2n) is 7.99. The average Bonchev–Trinajstić information content (AvgIpc) is 2.84. The number of rotatable bonds is 9. The quantitative estimate of drug-likeness (QED) is 0.447. The summed E-state index contributed by atoms with van der Waals surface area (Å²) < 4.78 is 38.3. The van der Waals surface area contributed by atoms with Crippen molar-refractivity contribution in [3.63, 3.8) is 0 Å². The number of nitrogens with one attached hydrogen (secondary N) is 3. The zero-order valence-electron chi connectivity index (χ0n) is 19.4. The average molecular weight is 504 g/mol. The monoisotopic (exact) mass is 503 g/mol. The van der Waals surface area contributed by atoms with Gasteiger partial charge >= 0.3 is 12.0 Å². The Morgan fingerprint density at radius 1 is 0.971 bits per heavy atom. The van der Waals surface area contributed by atoms with Crippen LogP contribution in [0.1, 0.15) is 49.4 Å². The van der Waals surface area contributed by atoms with E-state index in [1.807, 2.05) is 6.92 Å². The normalized spacial score (nSPS) is 14.0. The van der Waals surface area contributed by atoms with Gasteiger partial charge in [-0.1, -0.05) is 31.4 Å². The smallest absolute Gasteiger partial charge is 0.340 e. The highest BCUT2D eigenvalue weighted by atomic mass is 32.2. The number of carbonyl (C=O) groups is 3. The molecule has 10 nitrogen and oxygen atoms in total. The van der Waals surface area contributed by atoms with Gasteiger partial charge in [0.2, 0.25) is 0 Å². The molecule has 11 heteroatoms. The summed E-state index contributed by atoms with van der Waals surface area (Å²) in [4.78, 5) is 36.5. The summed E-state index contributed by atoms with van der Waals surface area (Å²) in [7, 11) is -4.01. The summed E-state index contributed by atoms with van der Waals surface area (Å²) in [5, 5.41) is 4.87. The van der Waals surface area contributed by atoms with E-state index in [9.17, 15) is 22.8 Å². The largest absolute Gasteiger partial charge is 0.494 e. The number of carbonyl (C=O) groups excluding carboxylic acids is 3. The zero-order valence-corrected chi connectivity index (χ0v) is 20.2. The second kappa shape index (κ2) is 12.2. The molecule has 35 heavy (non-hydrogen) atoms. The van der Waals surface area contributed by atoms with Gasteiger partial charge in [-0.25, -0.2) is 18.0 Å². The number of esters is 1. The summed E-state index contributed by atoms with van der Waals surface area (Å²) >= 11 is 0. The van der Waals surface area contributed by atoms with Crippen LogP contribution in [-0.2, 0) is 19.6 Å². The Balaban J connectivity index is 1.58. The highest BCUT2D eigenvalue weighted by Gasteiger charge is 2.21. The molecule has 0 atom stereocenters. The van der Waals surface area contributed by atoms with Crippen molar-refractivity contribution in [3.05, 3.63) is 54.1 Å². The molecule has 3 N–H and O–H groups in total. The van der Waals surface area contributed by atoms with E-state index in [1.165, 1.54) is 42.5 Å². The number of para-hydroxylation sites is 1. The molecule has 0 bridgehead atoms. The summed E-state index contributed by atoms with van der Waals surface area (Å²) in [6.45, 7) is 1.57. The van der Waals surface area contributed by atoms with Gasteiger partial charge in [-0.15, -0.1) is 0 Å². The minimum atomic E-state index is -4.01. The molecule has 1 aliphatic carbocycles. The molecule has 0 spiro atoms. The minimum Gasteiger partial charge on any atom is -0.494 e. The Labute approximate surface area is 204 Å². The van der Waals surface area contributed by atoms with Crippen LogP contribution in [-0.4, -0.2) is 45.6 Å². The van der Waals surface area contributed by atoms with Gasteiger partial charge < -0.3 is 14.8 Å². The van der Waals surface area contributed by atoms with E-state index in [-0.39, 0.29) is 22.2 Å². The van der Waals surface area contributed by atoms with Gasteiger partial charge in [-0.3, -0.25) is 14.8 Å². The predicted octanol–water partition coefficient (Wildman–Crippen LogP) is 3.20. The number of ether oxygens (including phenoxy) is 2. The molecule has 3 rings (SSSR count). The molecular formula is C24H29N3O7S. The zero-order chi connectivity index (χ0) is 25.3. The van der Waals surface area contributed by atoms with Gasteiger partial charge in [0.15, 0.2) is 6.61 Å². The van der Waals surface area contributed by atoms with Gasteiger partial charge in [-0.05, 0) is 56.2 Å². The molecule has 0 aromatic heterocycles. The van der Waals surface area contributed by atoms with Crippen LogP contribution in [0.4, 0.5) is 10.5 Å². The van der Waals surface area contributed by atoms with Crippen LogP contribution in [0.25, 0.3) is 0 Å². The summed E-state index contributed by atoms with van der Waals surface area (Å²) in [5.41, 5.74) is -0.0942. The Bertz CT molecular complexity index is 1140. The van der Waals surface area contributed by atoms with Crippen LogP contribution in [0.15, 0.2) is 53.4 Å². The lowest BCUT2D eigenvalue weighted by Crippen LogP contribution is -2.46. The maximum atomic E-state index is 12.8. The third-order valence-corrected chi connectivity index (χ3v) is 6.75. The number of anilines is 1.